The highest BCUT2D eigenvalue weighted by Crippen LogP contribution is 2.31. The van der Waals surface area contributed by atoms with Gasteiger partial charge in [0.15, 0.2) is 0 Å². The molecule has 0 saturated carbocycles. The molecule has 0 radical (unpaired) electrons. The third-order valence-corrected chi connectivity index (χ3v) is 6.47. The molecule has 0 aliphatic carbocycles. The molecule has 3 aliphatic rings. The summed E-state index contributed by atoms with van der Waals surface area (Å²) < 4.78 is 5.59. The van der Waals surface area contributed by atoms with Crippen molar-refractivity contribution >= 4 is 23.2 Å². The van der Waals surface area contributed by atoms with Crippen LogP contribution in [0.15, 0.2) is 18.2 Å². The van der Waals surface area contributed by atoms with Crippen LogP contribution in [0.2, 0.25) is 0 Å². The highest BCUT2D eigenvalue weighted by atomic mass is 16.5. The smallest absolute Gasteiger partial charge is 0.249 e. The zero-order valence-corrected chi connectivity index (χ0v) is 17.8. The molecule has 1 aromatic carbocycles. The van der Waals surface area contributed by atoms with Gasteiger partial charge in [-0.2, -0.15) is 0 Å². The Balaban J connectivity index is 1.33. The lowest BCUT2D eigenvalue weighted by Crippen LogP contribution is -2.48. The first kappa shape index (κ1) is 20.9. The number of hydrogen-bond acceptors (Lipinski definition) is 7. The molecule has 3 heterocycles. The highest BCUT2D eigenvalue weighted by molar-refractivity contribution is 6.01. The fourth-order valence-corrected chi connectivity index (χ4v) is 4.63. The van der Waals surface area contributed by atoms with Crippen LogP contribution >= 0.6 is 0 Å². The number of piperazine rings is 1. The zero-order valence-electron chi connectivity index (χ0n) is 17.8. The molecule has 0 spiro atoms. The third kappa shape index (κ3) is 5.05. The molecule has 1 aromatic rings. The van der Waals surface area contributed by atoms with Crippen molar-refractivity contribution in [3.63, 3.8) is 0 Å². The van der Waals surface area contributed by atoms with Gasteiger partial charge in [-0.15, -0.1) is 0 Å². The number of piperidine rings is 2. The quantitative estimate of drug-likeness (QED) is 0.599. The van der Waals surface area contributed by atoms with Crippen molar-refractivity contribution in [3.8, 4) is 5.75 Å². The van der Waals surface area contributed by atoms with Crippen LogP contribution in [0.1, 0.15) is 25.7 Å². The number of hydrogen-bond donors (Lipinski definition) is 3. The lowest BCUT2D eigenvalue weighted by Gasteiger charge is -2.38. The normalized spacial score (nSPS) is 23.9. The summed E-state index contributed by atoms with van der Waals surface area (Å²) in [6.07, 6.45) is 3.43. The molecule has 0 bridgehead atoms. The van der Waals surface area contributed by atoms with Crippen LogP contribution < -0.4 is 25.6 Å². The Kier molecular flexibility index (Phi) is 6.74. The molecule has 0 aromatic heterocycles. The Morgan fingerprint density at radius 3 is 2.57 bits per heavy atom. The number of methoxy groups -OCH3 is 1. The van der Waals surface area contributed by atoms with Crippen molar-refractivity contribution in [3.05, 3.63) is 18.2 Å². The first-order valence-corrected chi connectivity index (χ1v) is 11.1. The first-order valence-electron chi connectivity index (χ1n) is 11.1. The predicted octanol–water partition coefficient (Wildman–Crippen LogP) is 1.03. The average Bonchev–Trinajstić information content (AvgIpc) is 2.77. The number of nitrogens with zero attached hydrogens (tertiary/aromatic N) is 2. The van der Waals surface area contributed by atoms with E-state index in [4.69, 9.17) is 4.74 Å². The van der Waals surface area contributed by atoms with E-state index in [1.165, 1.54) is 19.4 Å². The average molecular weight is 416 g/mol. The van der Waals surface area contributed by atoms with Gasteiger partial charge in [-0.1, -0.05) is 0 Å². The van der Waals surface area contributed by atoms with Crippen molar-refractivity contribution in [1.29, 1.82) is 0 Å². The van der Waals surface area contributed by atoms with Crippen molar-refractivity contribution in [2.75, 3.05) is 63.1 Å². The maximum Gasteiger partial charge on any atom is 0.249 e. The number of ether oxygens (including phenoxy) is 1. The third-order valence-electron chi connectivity index (χ3n) is 6.47. The number of rotatable bonds is 6. The molecule has 4 rings (SSSR count). The molecular formula is C22H33N5O3. The Morgan fingerprint density at radius 2 is 1.87 bits per heavy atom. The monoisotopic (exact) mass is 415 g/mol. The first-order chi connectivity index (χ1) is 14.6. The molecule has 8 nitrogen and oxygen atoms in total. The van der Waals surface area contributed by atoms with Gasteiger partial charge >= 0.3 is 0 Å². The number of benzene rings is 1. The van der Waals surface area contributed by atoms with E-state index >= 15 is 0 Å². The van der Waals surface area contributed by atoms with Gasteiger partial charge in [0.2, 0.25) is 11.8 Å². The van der Waals surface area contributed by atoms with Crippen LogP contribution in [-0.2, 0) is 9.59 Å². The molecule has 8 heteroatoms. The van der Waals surface area contributed by atoms with Gasteiger partial charge in [0.1, 0.15) is 11.8 Å². The summed E-state index contributed by atoms with van der Waals surface area (Å²) in [5.41, 5.74) is 1.92. The summed E-state index contributed by atoms with van der Waals surface area (Å²) in [6, 6.07) is 5.68. The second kappa shape index (κ2) is 9.66. The Labute approximate surface area is 178 Å². The lowest BCUT2D eigenvalue weighted by atomic mass is 9.97. The number of carbonyl (C=O) groups is 2. The zero-order chi connectivity index (χ0) is 20.9. The van der Waals surface area contributed by atoms with Crippen molar-refractivity contribution in [2.24, 2.45) is 5.92 Å². The number of anilines is 2. The topological polar surface area (TPSA) is 85.9 Å². The summed E-state index contributed by atoms with van der Waals surface area (Å²) in [4.78, 5) is 28.4. The molecule has 1 unspecified atom stereocenters. The number of carbonyl (C=O) groups excluding carboxylic acids is 2. The van der Waals surface area contributed by atoms with Crippen LogP contribution in [0.25, 0.3) is 0 Å². The van der Waals surface area contributed by atoms with Gasteiger partial charge in [-0.05, 0) is 50.4 Å². The predicted molar refractivity (Wildman–Crippen MR) is 117 cm³/mol. The summed E-state index contributed by atoms with van der Waals surface area (Å²) in [6.45, 7) is 7.72. The van der Waals surface area contributed by atoms with E-state index in [-0.39, 0.29) is 11.8 Å². The van der Waals surface area contributed by atoms with Gasteiger partial charge in [-0.25, -0.2) is 0 Å². The van der Waals surface area contributed by atoms with Crippen molar-refractivity contribution in [1.82, 2.24) is 15.5 Å². The van der Waals surface area contributed by atoms with Crippen molar-refractivity contribution in [2.45, 2.75) is 31.7 Å². The Morgan fingerprint density at radius 1 is 1.10 bits per heavy atom. The van der Waals surface area contributed by atoms with Crippen LogP contribution in [0.3, 0.4) is 0 Å². The van der Waals surface area contributed by atoms with Crippen LogP contribution in [0.4, 0.5) is 11.4 Å². The second-order valence-corrected chi connectivity index (χ2v) is 8.51. The molecule has 30 heavy (non-hydrogen) atoms. The SMILES string of the molecule is COc1cc(N2CCN(CC3CCNCC3)CC2)ccc1NC1CCC(=O)NC1=O. The second-order valence-electron chi connectivity index (χ2n) is 8.51. The highest BCUT2D eigenvalue weighted by Gasteiger charge is 2.27. The van der Waals surface area contributed by atoms with Crippen LogP contribution in [0.5, 0.6) is 5.75 Å². The minimum atomic E-state index is -0.416. The van der Waals surface area contributed by atoms with Crippen molar-refractivity contribution < 1.29 is 14.3 Å². The molecular weight excluding hydrogens is 382 g/mol. The van der Waals surface area contributed by atoms with Gasteiger partial charge in [0.05, 0.1) is 12.8 Å². The van der Waals surface area contributed by atoms with Crippen LogP contribution in [-0.4, -0.2) is 75.7 Å². The Bertz CT molecular complexity index is 757. The fraction of sp³-hybridized carbons (Fsp3) is 0.636. The molecule has 164 valence electrons. The summed E-state index contributed by atoms with van der Waals surface area (Å²) >= 11 is 0. The fourth-order valence-electron chi connectivity index (χ4n) is 4.63. The van der Waals surface area contributed by atoms with Gasteiger partial charge < -0.3 is 20.3 Å². The van der Waals surface area contributed by atoms with E-state index in [2.05, 4.69) is 31.8 Å². The van der Waals surface area contributed by atoms with E-state index < -0.39 is 6.04 Å². The van der Waals surface area contributed by atoms with E-state index in [9.17, 15) is 9.59 Å². The maximum atomic E-state index is 12.0. The summed E-state index contributed by atoms with van der Waals surface area (Å²) in [5.74, 6) is 1.06. The number of amides is 2. The molecule has 2 amide bonds. The lowest BCUT2D eigenvalue weighted by molar-refractivity contribution is -0.133. The minimum Gasteiger partial charge on any atom is -0.495 e. The molecule has 3 fully saturated rings. The molecule has 3 N–H and O–H groups in total. The summed E-state index contributed by atoms with van der Waals surface area (Å²) in [7, 11) is 1.64. The number of imide groups is 1. The van der Waals surface area contributed by atoms with E-state index in [0.717, 1.165) is 56.6 Å². The van der Waals surface area contributed by atoms with Gasteiger partial charge in [0, 0.05) is 50.9 Å². The van der Waals surface area contributed by atoms with E-state index in [1.54, 1.807) is 7.11 Å². The molecule has 1 atom stereocenters. The number of nitrogens with one attached hydrogen (secondary N) is 3. The summed E-state index contributed by atoms with van der Waals surface area (Å²) in [5, 5.41) is 9.06. The van der Waals surface area contributed by atoms with Gasteiger partial charge in [0.25, 0.3) is 0 Å². The van der Waals surface area contributed by atoms with E-state index in [1.807, 2.05) is 12.1 Å². The molecule has 3 saturated heterocycles. The van der Waals surface area contributed by atoms with Gasteiger partial charge in [-0.3, -0.25) is 19.8 Å². The Hall–Kier alpha value is -2.32. The molecule has 3 aliphatic heterocycles. The maximum absolute atomic E-state index is 12.0. The standard InChI is InChI=1S/C22H33N5O3/c1-30-20-14-17(2-3-18(20)24-19-4-5-21(28)25-22(19)29)27-12-10-26(11-13-27)15-16-6-8-23-9-7-16/h2-3,14,16,19,23-24H,4-13,15H2,1H3,(H,25,28,29). The minimum absolute atomic E-state index is 0.209. The van der Waals surface area contributed by atoms with Crippen LogP contribution in [0, 0.1) is 5.92 Å². The largest absolute Gasteiger partial charge is 0.495 e. The van der Waals surface area contributed by atoms with E-state index in [0.29, 0.717) is 18.6 Å².